The number of fused-ring (bicyclic) bond motifs is 1. The third-order valence-corrected chi connectivity index (χ3v) is 5.14. The number of aromatic nitrogens is 3. The minimum Gasteiger partial charge on any atom is -0.467 e. The van der Waals surface area contributed by atoms with E-state index in [2.05, 4.69) is 52.4 Å². The fraction of sp³-hybridized carbons (Fsp3) is 0.500. The Bertz CT molecular complexity index is 834. The second-order valence-electron chi connectivity index (χ2n) is 6.60. The lowest BCUT2D eigenvalue weighted by molar-refractivity contribution is 0.303. The van der Waals surface area contributed by atoms with Crippen molar-refractivity contribution in [3.8, 4) is 0 Å². The quantitative estimate of drug-likeness (QED) is 0.591. The summed E-state index contributed by atoms with van der Waals surface area (Å²) in [5, 5.41) is 4.63. The second kappa shape index (κ2) is 8.36. The average Bonchev–Trinajstić information content (AvgIpc) is 3.25. The fourth-order valence-corrected chi connectivity index (χ4v) is 3.40. The molecule has 0 aliphatic heterocycles. The minimum atomic E-state index is 0.682. The molecule has 140 valence electrons. The molecular weight excluding hydrogens is 326 g/mol. The number of hydrogen-bond donors (Lipinski definition) is 1. The zero-order valence-corrected chi connectivity index (χ0v) is 16.2. The van der Waals surface area contributed by atoms with Crippen molar-refractivity contribution in [2.24, 2.45) is 0 Å². The molecule has 0 fully saturated rings. The normalized spacial score (nSPS) is 11.6. The molecule has 6 heteroatoms. The molecule has 0 spiro atoms. The van der Waals surface area contributed by atoms with Gasteiger partial charge in [0.05, 0.1) is 18.2 Å². The van der Waals surface area contributed by atoms with Gasteiger partial charge in [0.1, 0.15) is 23.6 Å². The van der Waals surface area contributed by atoms with Gasteiger partial charge >= 0.3 is 0 Å². The molecule has 1 N–H and O–H groups in total. The molecule has 0 saturated heterocycles. The van der Waals surface area contributed by atoms with Crippen LogP contribution in [0, 0.1) is 13.8 Å². The van der Waals surface area contributed by atoms with Gasteiger partial charge in [0.25, 0.3) is 0 Å². The summed E-state index contributed by atoms with van der Waals surface area (Å²) in [6.07, 6.45) is 4.45. The summed E-state index contributed by atoms with van der Waals surface area (Å²) < 4.78 is 7.72. The highest BCUT2D eigenvalue weighted by Gasteiger charge is 2.17. The Hall–Kier alpha value is -2.34. The summed E-state index contributed by atoms with van der Waals surface area (Å²) >= 11 is 0. The SMILES string of the molecule is CCN(CC)CCCNc1ncnc2c1c(C)c(C)n2Cc1ccco1. The van der Waals surface area contributed by atoms with Gasteiger partial charge in [-0.05, 0) is 57.6 Å². The van der Waals surface area contributed by atoms with Crippen LogP contribution in [0.5, 0.6) is 0 Å². The zero-order chi connectivity index (χ0) is 18.5. The van der Waals surface area contributed by atoms with E-state index >= 15 is 0 Å². The van der Waals surface area contributed by atoms with Crippen LogP contribution in [0.3, 0.4) is 0 Å². The Balaban J connectivity index is 1.79. The van der Waals surface area contributed by atoms with Gasteiger partial charge in [-0.25, -0.2) is 9.97 Å². The highest BCUT2D eigenvalue weighted by atomic mass is 16.3. The van der Waals surface area contributed by atoms with Crippen LogP contribution in [0.25, 0.3) is 11.0 Å². The van der Waals surface area contributed by atoms with Crippen LogP contribution in [0.2, 0.25) is 0 Å². The molecule has 0 bridgehead atoms. The first kappa shape index (κ1) is 18.5. The molecule has 6 nitrogen and oxygen atoms in total. The Labute approximate surface area is 155 Å². The third-order valence-electron chi connectivity index (χ3n) is 5.14. The van der Waals surface area contributed by atoms with E-state index in [0.717, 1.165) is 55.2 Å². The predicted octanol–water partition coefficient (Wildman–Crippen LogP) is 3.83. The van der Waals surface area contributed by atoms with Crippen molar-refractivity contribution in [2.75, 3.05) is 31.5 Å². The lowest BCUT2D eigenvalue weighted by atomic mass is 10.2. The van der Waals surface area contributed by atoms with Crippen molar-refractivity contribution in [3.63, 3.8) is 0 Å². The third kappa shape index (κ3) is 3.75. The molecule has 3 heterocycles. The lowest BCUT2D eigenvalue weighted by Gasteiger charge is -2.17. The maximum Gasteiger partial charge on any atom is 0.146 e. The number of rotatable bonds is 9. The number of hydrogen-bond acceptors (Lipinski definition) is 5. The van der Waals surface area contributed by atoms with Gasteiger partial charge in [-0.1, -0.05) is 13.8 Å². The van der Waals surface area contributed by atoms with Crippen LogP contribution in [-0.2, 0) is 6.54 Å². The van der Waals surface area contributed by atoms with Crippen LogP contribution in [0.4, 0.5) is 5.82 Å². The van der Waals surface area contributed by atoms with Gasteiger partial charge < -0.3 is 19.2 Å². The first-order valence-electron chi connectivity index (χ1n) is 9.44. The number of anilines is 1. The molecule has 0 aliphatic rings. The smallest absolute Gasteiger partial charge is 0.146 e. The minimum absolute atomic E-state index is 0.682. The number of nitrogens with zero attached hydrogens (tertiary/aromatic N) is 4. The van der Waals surface area contributed by atoms with Gasteiger partial charge in [-0.15, -0.1) is 0 Å². The van der Waals surface area contributed by atoms with Crippen molar-refractivity contribution >= 4 is 16.9 Å². The maximum absolute atomic E-state index is 5.52. The molecule has 3 rings (SSSR count). The van der Waals surface area contributed by atoms with E-state index in [0.29, 0.717) is 6.54 Å². The van der Waals surface area contributed by atoms with Gasteiger partial charge in [0.2, 0.25) is 0 Å². The molecule has 0 radical (unpaired) electrons. The van der Waals surface area contributed by atoms with Crippen LogP contribution in [0.15, 0.2) is 29.1 Å². The summed E-state index contributed by atoms with van der Waals surface area (Å²) in [5.74, 6) is 1.85. The average molecular weight is 355 g/mol. The van der Waals surface area contributed by atoms with Crippen LogP contribution in [0.1, 0.15) is 37.3 Å². The molecule has 0 saturated carbocycles. The van der Waals surface area contributed by atoms with Gasteiger partial charge in [0, 0.05) is 12.2 Å². The van der Waals surface area contributed by atoms with Gasteiger partial charge in [-0.3, -0.25) is 0 Å². The van der Waals surface area contributed by atoms with E-state index < -0.39 is 0 Å². The zero-order valence-electron chi connectivity index (χ0n) is 16.2. The fourth-order valence-electron chi connectivity index (χ4n) is 3.40. The van der Waals surface area contributed by atoms with E-state index in [-0.39, 0.29) is 0 Å². The van der Waals surface area contributed by atoms with Crippen molar-refractivity contribution in [3.05, 3.63) is 41.7 Å². The van der Waals surface area contributed by atoms with Crippen molar-refractivity contribution in [1.29, 1.82) is 0 Å². The number of aryl methyl sites for hydroxylation is 1. The second-order valence-corrected chi connectivity index (χ2v) is 6.60. The van der Waals surface area contributed by atoms with Crippen LogP contribution >= 0.6 is 0 Å². The van der Waals surface area contributed by atoms with Crippen LogP contribution in [-0.4, -0.2) is 45.6 Å². The van der Waals surface area contributed by atoms with Crippen molar-refractivity contribution in [1.82, 2.24) is 19.4 Å². The van der Waals surface area contributed by atoms with Gasteiger partial charge in [0.15, 0.2) is 0 Å². The first-order chi connectivity index (χ1) is 12.7. The topological polar surface area (TPSA) is 59.1 Å². The summed E-state index contributed by atoms with van der Waals surface area (Å²) in [4.78, 5) is 11.5. The maximum atomic E-state index is 5.52. The Morgan fingerprint density at radius 3 is 2.69 bits per heavy atom. The highest BCUT2D eigenvalue weighted by molar-refractivity contribution is 5.91. The van der Waals surface area contributed by atoms with E-state index in [9.17, 15) is 0 Å². The summed E-state index contributed by atoms with van der Waals surface area (Å²) in [6, 6.07) is 3.91. The Morgan fingerprint density at radius 2 is 2.00 bits per heavy atom. The van der Waals surface area contributed by atoms with Gasteiger partial charge in [-0.2, -0.15) is 0 Å². The van der Waals surface area contributed by atoms with E-state index in [1.54, 1.807) is 12.6 Å². The lowest BCUT2D eigenvalue weighted by Crippen LogP contribution is -2.25. The number of furan rings is 1. The van der Waals surface area contributed by atoms with Crippen LogP contribution < -0.4 is 5.32 Å². The summed E-state index contributed by atoms with van der Waals surface area (Å²) in [6.45, 7) is 13.6. The van der Waals surface area contributed by atoms with Crippen molar-refractivity contribution in [2.45, 2.75) is 40.7 Å². The Kier molecular flexibility index (Phi) is 5.93. The first-order valence-corrected chi connectivity index (χ1v) is 9.44. The highest BCUT2D eigenvalue weighted by Crippen LogP contribution is 2.29. The van der Waals surface area contributed by atoms with E-state index in [1.165, 1.54) is 11.3 Å². The Morgan fingerprint density at radius 1 is 1.19 bits per heavy atom. The van der Waals surface area contributed by atoms with E-state index in [4.69, 9.17) is 4.42 Å². The summed E-state index contributed by atoms with van der Waals surface area (Å²) in [5.41, 5.74) is 3.37. The predicted molar refractivity (Wildman–Crippen MR) is 106 cm³/mol. The summed E-state index contributed by atoms with van der Waals surface area (Å²) in [7, 11) is 0. The molecular formula is C20H29N5O. The standard InChI is InChI=1S/C20H29N5O/c1-5-24(6-2)11-8-10-21-19-18-15(3)16(4)25(20(18)23-14-22-19)13-17-9-7-12-26-17/h7,9,12,14H,5-6,8,10-11,13H2,1-4H3,(H,21,22,23). The number of nitrogens with one attached hydrogen (secondary N) is 1. The molecule has 0 aromatic carbocycles. The monoisotopic (exact) mass is 355 g/mol. The largest absolute Gasteiger partial charge is 0.467 e. The molecule has 0 aliphatic carbocycles. The molecule has 26 heavy (non-hydrogen) atoms. The molecule has 0 atom stereocenters. The van der Waals surface area contributed by atoms with Crippen molar-refractivity contribution < 1.29 is 4.42 Å². The van der Waals surface area contributed by atoms with E-state index in [1.807, 2.05) is 12.1 Å². The molecule has 3 aromatic heterocycles. The molecule has 3 aromatic rings. The molecule has 0 unspecified atom stereocenters. The molecule has 0 amide bonds.